The first kappa shape index (κ1) is 11.9. The smallest absolute Gasteiger partial charge is 0.325 e. The van der Waals surface area contributed by atoms with Gasteiger partial charge in [-0.25, -0.2) is 0 Å². The summed E-state index contributed by atoms with van der Waals surface area (Å²) >= 11 is 0. The minimum absolute atomic E-state index is 0.516. The van der Waals surface area contributed by atoms with Gasteiger partial charge in [0.15, 0.2) is 0 Å². The van der Waals surface area contributed by atoms with Crippen LogP contribution in [0, 0.1) is 0 Å². The van der Waals surface area contributed by atoms with Crippen molar-refractivity contribution in [1.82, 2.24) is 0 Å². The Kier molecular flexibility index (Phi) is 2.99. The van der Waals surface area contributed by atoms with Crippen LogP contribution < -0.4 is 5.73 Å². The van der Waals surface area contributed by atoms with Crippen molar-refractivity contribution in [3.63, 3.8) is 0 Å². The summed E-state index contributed by atoms with van der Waals surface area (Å²) in [6.07, 6.45) is -4.52. The van der Waals surface area contributed by atoms with Crippen molar-refractivity contribution < 1.29 is 22.0 Å². The van der Waals surface area contributed by atoms with Crippen LogP contribution in [0.1, 0.15) is 11.1 Å². The SMILES string of the molecule is NCC(F)(F)c1ccc(C(F)(F)F)cc1. The van der Waals surface area contributed by atoms with Crippen LogP contribution in [0.5, 0.6) is 0 Å². The van der Waals surface area contributed by atoms with Crippen LogP contribution in [0.15, 0.2) is 24.3 Å². The highest BCUT2D eigenvalue weighted by Gasteiger charge is 2.33. The second-order valence-corrected chi connectivity index (χ2v) is 2.98. The highest BCUT2D eigenvalue weighted by molar-refractivity contribution is 5.27. The molecule has 0 heterocycles. The number of halogens is 5. The number of alkyl halides is 5. The van der Waals surface area contributed by atoms with Crippen LogP contribution in [0.4, 0.5) is 22.0 Å². The van der Waals surface area contributed by atoms with Gasteiger partial charge in [0, 0.05) is 5.56 Å². The Balaban J connectivity index is 3.01. The third-order valence-corrected chi connectivity index (χ3v) is 1.89. The summed E-state index contributed by atoms with van der Waals surface area (Å²) in [5.74, 6) is -3.29. The van der Waals surface area contributed by atoms with E-state index in [4.69, 9.17) is 5.73 Å². The summed E-state index contributed by atoms with van der Waals surface area (Å²) in [5.41, 5.74) is 3.32. The molecular formula is C9H8F5N. The Hall–Kier alpha value is -1.17. The summed E-state index contributed by atoms with van der Waals surface area (Å²) in [6, 6.07) is 2.68. The summed E-state index contributed by atoms with van der Waals surface area (Å²) in [6.45, 7) is -0.932. The largest absolute Gasteiger partial charge is 0.416 e. The second-order valence-electron chi connectivity index (χ2n) is 2.98. The van der Waals surface area contributed by atoms with Gasteiger partial charge in [-0.2, -0.15) is 22.0 Å². The number of hydrogen-bond acceptors (Lipinski definition) is 1. The van der Waals surface area contributed by atoms with Crippen molar-refractivity contribution in [2.24, 2.45) is 5.73 Å². The van der Waals surface area contributed by atoms with E-state index < -0.39 is 29.8 Å². The van der Waals surface area contributed by atoms with Crippen molar-refractivity contribution in [3.05, 3.63) is 35.4 Å². The van der Waals surface area contributed by atoms with Gasteiger partial charge < -0.3 is 5.73 Å². The minimum Gasteiger partial charge on any atom is -0.325 e. The molecule has 0 bridgehead atoms. The molecule has 0 radical (unpaired) electrons. The molecule has 6 heteroatoms. The van der Waals surface area contributed by atoms with Crippen LogP contribution in [-0.2, 0) is 12.1 Å². The molecule has 0 unspecified atom stereocenters. The van der Waals surface area contributed by atoms with E-state index in [9.17, 15) is 22.0 Å². The van der Waals surface area contributed by atoms with Gasteiger partial charge in [-0.15, -0.1) is 0 Å². The van der Waals surface area contributed by atoms with Gasteiger partial charge in [0.1, 0.15) is 0 Å². The molecule has 0 aliphatic rings. The monoisotopic (exact) mass is 225 g/mol. The molecule has 15 heavy (non-hydrogen) atoms. The molecule has 1 rings (SSSR count). The van der Waals surface area contributed by atoms with E-state index in [0.29, 0.717) is 12.1 Å². The van der Waals surface area contributed by atoms with E-state index in [1.807, 2.05) is 0 Å². The highest BCUT2D eigenvalue weighted by Crippen LogP contribution is 2.32. The van der Waals surface area contributed by atoms with Crippen molar-refractivity contribution in [3.8, 4) is 0 Å². The lowest BCUT2D eigenvalue weighted by Gasteiger charge is -2.15. The van der Waals surface area contributed by atoms with E-state index >= 15 is 0 Å². The fraction of sp³-hybridized carbons (Fsp3) is 0.333. The third kappa shape index (κ3) is 2.65. The average Bonchev–Trinajstić information content (AvgIpc) is 2.17. The number of rotatable bonds is 2. The molecule has 0 saturated heterocycles. The normalized spacial score (nSPS) is 12.9. The number of hydrogen-bond donors (Lipinski definition) is 1. The van der Waals surface area contributed by atoms with Gasteiger partial charge in [-0.05, 0) is 12.1 Å². The topological polar surface area (TPSA) is 26.0 Å². The molecule has 0 aromatic heterocycles. The molecule has 1 aromatic rings. The zero-order valence-corrected chi connectivity index (χ0v) is 7.48. The Morgan fingerprint density at radius 1 is 0.867 bits per heavy atom. The zero-order chi connectivity index (χ0) is 11.7. The average molecular weight is 225 g/mol. The Labute approximate surface area is 82.7 Å². The maximum Gasteiger partial charge on any atom is 0.416 e. The lowest BCUT2D eigenvalue weighted by Crippen LogP contribution is -2.25. The van der Waals surface area contributed by atoms with Crippen LogP contribution in [-0.4, -0.2) is 6.54 Å². The van der Waals surface area contributed by atoms with Crippen molar-refractivity contribution in [2.75, 3.05) is 6.54 Å². The number of nitrogens with two attached hydrogens (primary N) is 1. The second kappa shape index (κ2) is 3.77. The maximum absolute atomic E-state index is 12.9. The summed E-state index contributed by atoms with van der Waals surface area (Å²) in [7, 11) is 0. The summed E-state index contributed by atoms with van der Waals surface area (Å²) in [4.78, 5) is 0. The summed E-state index contributed by atoms with van der Waals surface area (Å²) in [5, 5.41) is 0. The first-order chi connectivity index (χ1) is 6.77. The van der Waals surface area contributed by atoms with Gasteiger partial charge in [-0.1, -0.05) is 12.1 Å². The molecular weight excluding hydrogens is 217 g/mol. The van der Waals surface area contributed by atoms with Crippen molar-refractivity contribution in [2.45, 2.75) is 12.1 Å². The molecule has 0 amide bonds. The Morgan fingerprint density at radius 3 is 1.60 bits per heavy atom. The predicted molar refractivity (Wildman–Crippen MR) is 44.4 cm³/mol. The molecule has 0 aliphatic heterocycles. The highest BCUT2D eigenvalue weighted by atomic mass is 19.4. The fourth-order valence-corrected chi connectivity index (χ4v) is 1.02. The molecule has 84 valence electrons. The molecule has 1 nitrogen and oxygen atoms in total. The lowest BCUT2D eigenvalue weighted by atomic mass is 10.1. The fourth-order valence-electron chi connectivity index (χ4n) is 1.02. The first-order valence-electron chi connectivity index (χ1n) is 4.03. The van der Waals surface area contributed by atoms with E-state index in [1.165, 1.54) is 0 Å². The standard InChI is InChI=1S/C9H8F5N/c10-8(11,5-15)6-1-3-7(4-2-6)9(12,13)14/h1-4H,5,15H2. The van der Waals surface area contributed by atoms with Gasteiger partial charge in [-0.3, -0.25) is 0 Å². The zero-order valence-electron chi connectivity index (χ0n) is 7.48. The van der Waals surface area contributed by atoms with E-state index in [-0.39, 0.29) is 0 Å². The molecule has 0 aliphatic carbocycles. The van der Waals surface area contributed by atoms with Crippen LogP contribution in [0.3, 0.4) is 0 Å². The molecule has 0 saturated carbocycles. The van der Waals surface area contributed by atoms with Gasteiger partial charge in [0.25, 0.3) is 5.92 Å². The Morgan fingerprint density at radius 2 is 1.27 bits per heavy atom. The van der Waals surface area contributed by atoms with E-state index in [2.05, 4.69) is 0 Å². The molecule has 0 atom stereocenters. The minimum atomic E-state index is -4.52. The third-order valence-electron chi connectivity index (χ3n) is 1.89. The van der Waals surface area contributed by atoms with Crippen LogP contribution >= 0.6 is 0 Å². The van der Waals surface area contributed by atoms with Gasteiger partial charge >= 0.3 is 6.18 Å². The predicted octanol–water partition coefficient (Wildman–Crippen LogP) is 2.76. The van der Waals surface area contributed by atoms with Crippen LogP contribution in [0.25, 0.3) is 0 Å². The van der Waals surface area contributed by atoms with Gasteiger partial charge in [0.2, 0.25) is 0 Å². The molecule has 1 aromatic carbocycles. The van der Waals surface area contributed by atoms with E-state index in [0.717, 1.165) is 12.1 Å². The number of benzene rings is 1. The molecule has 2 N–H and O–H groups in total. The molecule has 0 spiro atoms. The van der Waals surface area contributed by atoms with Gasteiger partial charge in [0.05, 0.1) is 12.1 Å². The maximum atomic E-state index is 12.9. The molecule has 0 fully saturated rings. The Bertz CT molecular complexity index is 327. The van der Waals surface area contributed by atoms with Crippen molar-refractivity contribution >= 4 is 0 Å². The van der Waals surface area contributed by atoms with E-state index in [1.54, 1.807) is 0 Å². The van der Waals surface area contributed by atoms with Crippen molar-refractivity contribution in [1.29, 1.82) is 0 Å². The quantitative estimate of drug-likeness (QED) is 0.769. The first-order valence-corrected chi connectivity index (χ1v) is 4.03. The lowest BCUT2D eigenvalue weighted by molar-refractivity contribution is -0.137. The summed E-state index contributed by atoms with van der Waals surface area (Å²) < 4.78 is 62.1. The van der Waals surface area contributed by atoms with Crippen LogP contribution in [0.2, 0.25) is 0 Å².